The fourth-order valence-electron chi connectivity index (χ4n) is 1.83. The highest BCUT2D eigenvalue weighted by Gasteiger charge is 2.39. The first kappa shape index (κ1) is 13.6. The molecular formula is C13H14N2O3S. The van der Waals surface area contributed by atoms with Crippen molar-refractivity contribution in [1.29, 1.82) is 0 Å². The third-order valence-corrected chi connectivity index (χ3v) is 3.87. The van der Waals surface area contributed by atoms with E-state index in [0.717, 1.165) is 17.3 Å². The van der Waals surface area contributed by atoms with Gasteiger partial charge in [-0.25, -0.2) is 0 Å². The molecule has 1 aliphatic heterocycles. The highest BCUT2D eigenvalue weighted by Crippen LogP contribution is 2.38. The van der Waals surface area contributed by atoms with Crippen molar-refractivity contribution >= 4 is 28.8 Å². The number of thioether (sulfide) groups is 1. The molecule has 2 rings (SSSR count). The average molecular weight is 278 g/mol. The fourth-order valence-corrected chi connectivity index (χ4v) is 2.86. The highest BCUT2D eigenvalue weighted by molar-refractivity contribution is 8.14. The highest BCUT2D eigenvalue weighted by atomic mass is 32.2. The Bertz CT molecular complexity index is 504. The maximum absolute atomic E-state index is 12.2. The van der Waals surface area contributed by atoms with Gasteiger partial charge in [-0.15, -0.1) is 0 Å². The van der Waals surface area contributed by atoms with Crippen LogP contribution in [-0.4, -0.2) is 35.0 Å². The predicted octanol–water partition coefficient (Wildman–Crippen LogP) is 1.56. The number of amides is 3. The third kappa shape index (κ3) is 3.14. The summed E-state index contributed by atoms with van der Waals surface area (Å²) in [5, 5.41) is 1.85. The van der Waals surface area contributed by atoms with Crippen LogP contribution in [0.3, 0.4) is 0 Å². The van der Waals surface area contributed by atoms with Crippen LogP contribution in [0.2, 0.25) is 0 Å². The summed E-state index contributed by atoms with van der Waals surface area (Å²) in [5.41, 5.74) is 0.827. The minimum atomic E-state index is -0.467. The van der Waals surface area contributed by atoms with Crippen molar-refractivity contribution in [3.05, 3.63) is 35.9 Å². The summed E-state index contributed by atoms with van der Waals surface area (Å²) in [5.74, 6) is -0.391. The molecule has 0 radical (unpaired) electrons. The van der Waals surface area contributed by atoms with E-state index in [-0.39, 0.29) is 30.1 Å². The van der Waals surface area contributed by atoms with E-state index in [0.29, 0.717) is 0 Å². The van der Waals surface area contributed by atoms with Crippen molar-refractivity contribution in [2.45, 2.75) is 12.2 Å². The molecule has 1 aromatic carbocycles. The summed E-state index contributed by atoms with van der Waals surface area (Å²) in [6, 6.07) is 9.21. The fraction of sp³-hybridized carbons (Fsp3) is 0.308. The second-order valence-corrected chi connectivity index (χ2v) is 5.20. The molecule has 1 heterocycles. The van der Waals surface area contributed by atoms with E-state index in [1.165, 1.54) is 11.8 Å². The zero-order chi connectivity index (χ0) is 13.8. The number of benzene rings is 1. The molecular weight excluding hydrogens is 264 g/mol. The molecule has 19 heavy (non-hydrogen) atoms. The Morgan fingerprint density at radius 3 is 2.63 bits per heavy atom. The number of rotatable bonds is 4. The zero-order valence-corrected chi connectivity index (χ0v) is 11.3. The van der Waals surface area contributed by atoms with E-state index in [1.54, 1.807) is 0 Å². The van der Waals surface area contributed by atoms with Gasteiger partial charge in [-0.1, -0.05) is 30.3 Å². The molecule has 0 aliphatic carbocycles. The molecule has 0 aromatic heterocycles. The monoisotopic (exact) mass is 278 g/mol. The Morgan fingerprint density at radius 1 is 1.32 bits per heavy atom. The van der Waals surface area contributed by atoms with Crippen molar-refractivity contribution in [2.24, 2.45) is 0 Å². The van der Waals surface area contributed by atoms with Crippen molar-refractivity contribution in [2.75, 3.05) is 13.1 Å². The summed E-state index contributed by atoms with van der Waals surface area (Å²) in [7, 11) is 0. The molecule has 1 atom stereocenters. The first-order chi connectivity index (χ1) is 9.09. The zero-order valence-electron chi connectivity index (χ0n) is 10.5. The Labute approximate surface area is 115 Å². The largest absolute Gasteiger partial charge is 0.355 e. The number of hydrogen-bond donors (Lipinski definition) is 1. The van der Waals surface area contributed by atoms with Crippen LogP contribution in [0.4, 0.5) is 4.79 Å². The van der Waals surface area contributed by atoms with Crippen molar-refractivity contribution in [3.63, 3.8) is 0 Å². The Balaban J connectivity index is 2.02. The van der Waals surface area contributed by atoms with Gasteiger partial charge in [0.25, 0.3) is 5.24 Å². The number of nitrogens with one attached hydrogen (secondary N) is 1. The molecule has 6 heteroatoms. The lowest BCUT2D eigenvalue weighted by Gasteiger charge is -2.13. The standard InChI is InChI=1S/C13H14N2O3S/c1-9(16)14-7-8-15-12(17)11(19-13(15)18)10-5-3-2-4-6-10/h2-6,11H,7-8H2,1H3,(H,14,16). The Morgan fingerprint density at radius 2 is 2.00 bits per heavy atom. The van der Waals surface area contributed by atoms with Gasteiger partial charge >= 0.3 is 0 Å². The Hall–Kier alpha value is -1.82. The molecule has 1 aliphatic rings. The number of carbonyl (C=O) groups excluding carboxylic acids is 3. The SMILES string of the molecule is CC(=O)NCCN1C(=O)SC(c2ccccc2)C1=O. The van der Waals surface area contributed by atoms with Gasteiger partial charge in [0.15, 0.2) is 0 Å². The summed E-state index contributed by atoms with van der Waals surface area (Å²) in [6.07, 6.45) is 0. The average Bonchev–Trinajstić information content (AvgIpc) is 2.67. The summed E-state index contributed by atoms with van der Waals surface area (Å²) >= 11 is 1.02. The Kier molecular flexibility index (Phi) is 4.21. The molecule has 0 bridgehead atoms. The lowest BCUT2D eigenvalue weighted by Crippen LogP contribution is -2.37. The quantitative estimate of drug-likeness (QED) is 0.907. The lowest BCUT2D eigenvalue weighted by molar-refractivity contribution is -0.127. The molecule has 3 amide bonds. The molecule has 1 fully saturated rings. The second-order valence-electron chi connectivity index (χ2n) is 4.15. The maximum atomic E-state index is 12.2. The van der Waals surface area contributed by atoms with E-state index < -0.39 is 5.25 Å². The van der Waals surface area contributed by atoms with Gasteiger partial charge in [0, 0.05) is 20.0 Å². The third-order valence-electron chi connectivity index (χ3n) is 2.74. The van der Waals surface area contributed by atoms with Gasteiger partial charge in [-0.2, -0.15) is 0 Å². The van der Waals surface area contributed by atoms with Gasteiger partial charge in [0.1, 0.15) is 5.25 Å². The predicted molar refractivity (Wildman–Crippen MR) is 72.6 cm³/mol. The molecule has 5 nitrogen and oxygen atoms in total. The van der Waals surface area contributed by atoms with Crippen molar-refractivity contribution < 1.29 is 14.4 Å². The van der Waals surface area contributed by atoms with E-state index >= 15 is 0 Å². The van der Waals surface area contributed by atoms with Crippen LogP contribution in [0.1, 0.15) is 17.7 Å². The van der Waals surface area contributed by atoms with Crippen LogP contribution >= 0.6 is 11.8 Å². The van der Waals surface area contributed by atoms with Gasteiger partial charge in [-0.3, -0.25) is 19.3 Å². The number of hydrogen-bond acceptors (Lipinski definition) is 4. The van der Waals surface area contributed by atoms with Crippen LogP contribution in [-0.2, 0) is 9.59 Å². The van der Waals surface area contributed by atoms with Crippen LogP contribution < -0.4 is 5.32 Å². The minimum absolute atomic E-state index is 0.175. The molecule has 0 saturated carbocycles. The van der Waals surface area contributed by atoms with Crippen molar-refractivity contribution in [3.8, 4) is 0 Å². The number of nitrogens with zero attached hydrogens (tertiary/aromatic N) is 1. The van der Waals surface area contributed by atoms with E-state index in [2.05, 4.69) is 5.32 Å². The topological polar surface area (TPSA) is 66.5 Å². The maximum Gasteiger partial charge on any atom is 0.289 e. The summed E-state index contributed by atoms with van der Waals surface area (Å²) in [4.78, 5) is 35.9. The van der Waals surface area contributed by atoms with E-state index in [4.69, 9.17) is 0 Å². The molecule has 1 unspecified atom stereocenters. The molecule has 100 valence electrons. The van der Waals surface area contributed by atoms with Crippen molar-refractivity contribution in [1.82, 2.24) is 10.2 Å². The van der Waals surface area contributed by atoms with Crippen LogP contribution in [0.15, 0.2) is 30.3 Å². The second kappa shape index (κ2) is 5.88. The van der Waals surface area contributed by atoms with Gasteiger partial charge in [-0.05, 0) is 17.3 Å². The lowest BCUT2D eigenvalue weighted by atomic mass is 10.1. The van der Waals surface area contributed by atoms with Crippen LogP contribution in [0.5, 0.6) is 0 Å². The van der Waals surface area contributed by atoms with Crippen LogP contribution in [0.25, 0.3) is 0 Å². The van der Waals surface area contributed by atoms with Gasteiger partial charge in [0.2, 0.25) is 11.8 Å². The first-order valence-electron chi connectivity index (χ1n) is 5.91. The molecule has 0 spiro atoms. The molecule has 1 saturated heterocycles. The number of carbonyl (C=O) groups is 3. The minimum Gasteiger partial charge on any atom is -0.355 e. The molecule has 1 aromatic rings. The van der Waals surface area contributed by atoms with Gasteiger partial charge in [0.05, 0.1) is 0 Å². The normalized spacial score (nSPS) is 18.8. The van der Waals surface area contributed by atoms with Crippen LogP contribution in [0, 0.1) is 0 Å². The smallest absolute Gasteiger partial charge is 0.289 e. The molecule has 1 N–H and O–H groups in total. The first-order valence-corrected chi connectivity index (χ1v) is 6.79. The summed E-state index contributed by atoms with van der Waals surface area (Å²) < 4.78 is 0. The van der Waals surface area contributed by atoms with E-state index in [9.17, 15) is 14.4 Å². The summed E-state index contributed by atoms with van der Waals surface area (Å²) in [6.45, 7) is 1.90. The van der Waals surface area contributed by atoms with Gasteiger partial charge < -0.3 is 5.32 Å². The van der Waals surface area contributed by atoms with E-state index in [1.807, 2.05) is 30.3 Å². The number of imide groups is 1.